The molecule has 1 aromatic carbocycles. The molecule has 1 aromatic heterocycles. The molecule has 1 aliphatic heterocycles. The van der Waals surface area contributed by atoms with E-state index in [0.717, 1.165) is 18.2 Å². The molecule has 2 heterocycles. The van der Waals surface area contributed by atoms with Gasteiger partial charge in [-0.05, 0) is 18.2 Å². The Kier molecular flexibility index (Phi) is 7.33. The van der Waals surface area contributed by atoms with Crippen molar-refractivity contribution >= 4 is 38.3 Å². The van der Waals surface area contributed by atoms with Crippen LogP contribution in [0, 0.1) is 0 Å². The zero-order valence-corrected chi connectivity index (χ0v) is 17.9. The highest BCUT2D eigenvalue weighted by molar-refractivity contribution is 7.89. The first kappa shape index (κ1) is 23.9. The van der Waals surface area contributed by atoms with Gasteiger partial charge >= 0.3 is 6.18 Å². The maximum Gasteiger partial charge on any atom is 0.416 e. The van der Waals surface area contributed by atoms with E-state index in [0.29, 0.717) is 37.5 Å². The van der Waals surface area contributed by atoms with Crippen LogP contribution in [0.4, 0.5) is 18.3 Å². The van der Waals surface area contributed by atoms with Gasteiger partial charge in [-0.3, -0.25) is 20.4 Å². The van der Waals surface area contributed by atoms with Gasteiger partial charge in [0.25, 0.3) is 11.8 Å². The molecule has 1 aliphatic rings. The molecule has 0 atom stereocenters. The van der Waals surface area contributed by atoms with Gasteiger partial charge in [-0.15, -0.1) is 11.3 Å². The summed E-state index contributed by atoms with van der Waals surface area (Å²) in [5, 5.41) is 2.13. The second kappa shape index (κ2) is 9.81. The highest BCUT2D eigenvalue weighted by Gasteiger charge is 2.31. The number of nitrogens with zero attached hydrogens (tertiary/aromatic N) is 2. The fraction of sp³-hybridized carbons (Fsp3) is 0.353. The molecule has 1 fully saturated rings. The van der Waals surface area contributed by atoms with Gasteiger partial charge in [-0.1, -0.05) is 6.07 Å². The van der Waals surface area contributed by atoms with E-state index < -0.39 is 45.0 Å². The van der Waals surface area contributed by atoms with Gasteiger partial charge in [0.1, 0.15) is 5.69 Å². The van der Waals surface area contributed by atoms with Gasteiger partial charge in [-0.2, -0.15) is 13.2 Å². The number of alkyl halides is 3. The van der Waals surface area contributed by atoms with Crippen molar-refractivity contribution in [2.24, 2.45) is 0 Å². The Hall–Kier alpha value is -2.75. The minimum atomic E-state index is -4.72. The van der Waals surface area contributed by atoms with E-state index in [2.05, 4.69) is 10.4 Å². The van der Waals surface area contributed by atoms with Gasteiger partial charge in [0.05, 0.1) is 30.2 Å². The van der Waals surface area contributed by atoms with Gasteiger partial charge in [0.15, 0.2) is 5.13 Å². The summed E-state index contributed by atoms with van der Waals surface area (Å²) in [5.41, 5.74) is 3.03. The third-order valence-electron chi connectivity index (χ3n) is 4.22. The molecule has 0 bridgehead atoms. The van der Waals surface area contributed by atoms with E-state index >= 15 is 0 Å². The summed E-state index contributed by atoms with van der Waals surface area (Å²) in [6, 6.07) is 3.09. The normalized spacial score (nSPS) is 14.8. The average Bonchev–Trinajstić information content (AvgIpc) is 3.27. The van der Waals surface area contributed by atoms with E-state index in [1.807, 2.05) is 15.0 Å². The summed E-state index contributed by atoms with van der Waals surface area (Å²) in [6.45, 7) is 1.56. The molecule has 15 heteroatoms. The standard InChI is InChI=1S/C17H18F3N5O5S2/c18-17(19,20)11-2-1-3-12(8-11)32(28,29)21-9-14(26)23-24-15(27)13-10-31-16(22-13)25-4-6-30-7-5-25/h1-3,8,10,21H,4-7,9H2,(H,23,26)(H,24,27). The first-order valence-electron chi connectivity index (χ1n) is 9.10. The second-order valence-electron chi connectivity index (χ2n) is 6.47. The third-order valence-corrected chi connectivity index (χ3v) is 6.52. The molecule has 1 saturated heterocycles. The Morgan fingerprint density at radius 1 is 1.19 bits per heavy atom. The van der Waals surface area contributed by atoms with Crippen molar-refractivity contribution in [1.82, 2.24) is 20.6 Å². The molecule has 32 heavy (non-hydrogen) atoms. The number of carbonyl (C=O) groups excluding carboxylic acids is 2. The SMILES string of the molecule is O=C(CNS(=O)(=O)c1cccc(C(F)(F)F)c1)NNC(=O)c1csc(N2CCOCC2)n1. The maximum absolute atomic E-state index is 12.8. The number of aromatic nitrogens is 1. The van der Waals surface area contributed by atoms with E-state index in [1.54, 1.807) is 0 Å². The number of morpholine rings is 1. The first-order chi connectivity index (χ1) is 15.1. The Morgan fingerprint density at radius 3 is 2.59 bits per heavy atom. The van der Waals surface area contributed by atoms with Crippen molar-refractivity contribution in [3.05, 3.63) is 40.9 Å². The number of benzene rings is 1. The molecule has 10 nitrogen and oxygen atoms in total. The summed E-state index contributed by atoms with van der Waals surface area (Å²) < 4.78 is 69.7. The van der Waals surface area contributed by atoms with Crippen molar-refractivity contribution in [1.29, 1.82) is 0 Å². The lowest BCUT2D eigenvalue weighted by molar-refractivity contribution is -0.137. The smallest absolute Gasteiger partial charge is 0.378 e. The molecule has 0 saturated carbocycles. The number of thiazole rings is 1. The van der Waals surface area contributed by atoms with Crippen LogP contribution >= 0.6 is 11.3 Å². The predicted octanol–water partition coefficient (Wildman–Crippen LogP) is 0.738. The number of anilines is 1. The van der Waals surface area contributed by atoms with E-state index in [9.17, 15) is 31.2 Å². The molecular formula is C17H18F3N5O5S2. The second-order valence-corrected chi connectivity index (χ2v) is 9.07. The van der Waals surface area contributed by atoms with E-state index in [4.69, 9.17) is 4.74 Å². The van der Waals surface area contributed by atoms with Crippen LogP contribution in [0.3, 0.4) is 0 Å². The molecule has 0 unspecified atom stereocenters. The quantitative estimate of drug-likeness (QED) is 0.506. The fourth-order valence-electron chi connectivity index (χ4n) is 2.59. The summed E-state index contributed by atoms with van der Waals surface area (Å²) in [7, 11) is -4.39. The van der Waals surface area contributed by atoms with Crippen molar-refractivity contribution in [2.75, 3.05) is 37.7 Å². The predicted molar refractivity (Wildman–Crippen MR) is 107 cm³/mol. The lowest BCUT2D eigenvalue weighted by atomic mass is 10.2. The zero-order valence-electron chi connectivity index (χ0n) is 16.3. The molecule has 3 N–H and O–H groups in total. The highest BCUT2D eigenvalue weighted by Crippen LogP contribution is 2.30. The Bertz CT molecular complexity index is 1080. The van der Waals surface area contributed by atoms with Crippen molar-refractivity contribution in [3.8, 4) is 0 Å². The van der Waals surface area contributed by atoms with Crippen LogP contribution in [0.2, 0.25) is 0 Å². The number of sulfonamides is 1. The van der Waals surface area contributed by atoms with Crippen LogP contribution in [0.1, 0.15) is 16.1 Å². The number of hydrazine groups is 1. The third kappa shape index (κ3) is 6.15. The maximum atomic E-state index is 12.8. The Labute approximate surface area is 184 Å². The van der Waals surface area contributed by atoms with Crippen LogP contribution in [0.15, 0.2) is 34.5 Å². The van der Waals surface area contributed by atoms with Crippen LogP contribution in [0.5, 0.6) is 0 Å². The minimum Gasteiger partial charge on any atom is -0.378 e. The Morgan fingerprint density at radius 2 is 1.91 bits per heavy atom. The lowest BCUT2D eigenvalue weighted by Gasteiger charge is -2.25. The van der Waals surface area contributed by atoms with Crippen molar-refractivity contribution < 1.29 is 35.9 Å². The molecule has 0 spiro atoms. The number of ether oxygens (including phenoxy) is 1. The van der Waals surface area contributed by atoms with Crippen molar-refractivity contribution in [2.45, 2.75) is 11.1 Å². The van der Waals surface area contributed by atoms with E-state index in [-0.39, 0.29) is 5.69 Å². The number of hydrogen-bond donors (Lipinski definition) is 3. The van der Waals surface area contributed by atoms with Crippen LogP contribution in [-0.4, -0.2) is 58.1 Å². The minimum absolute atomic E-state index is 0.0568. The largest absolute Gasteiger partial charge is 0.416 e. The number of halogens is 3. The summed E-state index contributed by atoms with van der Waals surface area (Å²) in [6.07, 6.45) is -4.72. The van der Waals surface area contributed by atoms with Crippen LogP contribution in [0.25, 0.3) is 0 Å². The van der Waals surface area contributed by atoms with Crippen LogP contribution < -0.4 is 20.5 Å². The van der Waals surface area contributed by atoms with Gasteiger partial charge < -0.3 is 9.64 Å². The molecule has 174 valence electrons. The van der Waals surface area contributed by atoms with Gasteiger partial charge in [0.2, 0.25) is 10.0 Å². The molecule has 0 aliphatic carbocycles. The van der Waals surface area contributed by atoms with Crippen molar-refractivity contribution in [3.63, 3.8) is 0 Å². The summed E-state index contributed by atoms with van der Waals surface area (Å²) in [5.74, 6) is -1.65. The van der Waals surface area contributed by atoms with Gasteiger partial charge in [0, 0.05) is 18.5 Å². The Balaban J connectivity index is 1.50. The number of rotatable bonds is 6. The van der Waals surface area contributed by atoms with Gasteiger partial charge in [-0.25, -0.2) is 18.1 Å². The molecule has 2 aromatic rings. The molecule has 3 rings (SSSR count). The topological polar surface area (TPSA) is 130 Å². The summed E-state index contributed by atoms with van der Waals surface area (Å²) >= 11 is 1.25. The number of amides is 2. The lowest BCUT2D eigenvalue weighted by Crippen LogP contribution is -2.46. The van der Waals surface area contributed by atoms with Crippen LogP contribution in [-0.2, 0) is 25.7 Å². The molecular weight excluding hydrogens is 475 g/mol. The monoisotopic (exact) mass is 493 g/mol. The van der Waals surface area contributed by atoms with E-state index in [1.165, 1.54) is 16.7 Å². The first-order valence-corrected chi connectivity index (χ1v) is 11.5. The number of carbonyl (C=O) groups is 2. The molecule has 2 amide bonds. The zero-order chi connectivity index (χ0) is 23.4. The molecule has 0 radical (unpaired) electrons. The highest BCUT2D eigenvalue weighted by atomic mass is 32.2. The number of hydrogen-bond acceptors (Lipinski definition) is 8. The fourth-order valence-corrected chi connectivity index (χ4v) is 4.47. The number of nitrogens with one attached hydrogen (secondary N) is 3. The summed E-state index contributed by atoms with van der Waals surface area (Å²) in [4.78, 5) is 29.5. The average molecular weight is 493 g/mol.